The molecule has 1 N–H and O–H groups in total. The maximum absolute atomic E-state index is 10.6. The standard InChI is InChI=1S/C9H17NOS/c1-9(2,6-10-8(11)12)7-4-3-5-7/h7H,3-6H2,1-2H3,(H2,10,11,12). The van der Waals surface area contributed by atoms with Crippen LogP contribution in [0.5, 0.6) is 0 Å². The number of carbonyl (C=O) groups is 1. The van der Waals surface area contributed by atoms with Gasteiger partial charge in [-0.15, -0.1) is 0 Å². The second-order valence-electron chi connectivity index (χ2n) is 4.28. The molecule has 0 heterocycles. The molecule has 0 bridgehead atoms. The van der Waals surface area contributed by atoms with E-state index in [1.807, 2.05) is 0 Å². The highest BCUT2D eigenvalue weighted by Gasteiger charge is 2.33. The van der Waals surface area contributed by atoms with Crippen LogP contribution in [0, 0.1) is 11.3 Å². The lowest BCUT2D eigenvalue weighted by molar-refractivity contribution is 0.122. The Balaban J connectivity index is 2.31. The Hall–Kier alpha value is -0.180. The molecule has 12 heavy (non-hydrogen) atoms. The number of nitrogens with one attached hydrogen (secondary N) is 1. The van der Waals surface area contributed by atoms with E-state index in [1.165, 1.54) is 19.3 Å². The van der Waals surface area contributed by atoms with E-state index in [4.69, 9.17) is 0 Å². The van der Waals surface area contributed by atoms with Crippen LogP contribution in [0.1, 0.15) is 33.1 Å². The molecule has 1 fully saturated rings. The van der Waals surface area contributed by atoms with Crippen molar-refractivity contribution in [1.29, 1.82) is 0 Å². The van der Waals surface area contributed by atoms with Crippen LogP contribution in [0.25, 0.3) is 0 Å². The fourth-order valence-corrected chi connectivity index (χ4v) is 1.72. The van der Waals surface area contributed by atoms with E-state index in [2.05, 4.69) is 31.8 Å². The molecule has 0 spiro atoms. The Morgan fingerprint density at radius 2 is 2.17 bits per heavy atom. The minimum atomic E-state index is -0.220. The van der Waals surface area contributed by atoms with Gasteiger partial charge in [0.25, 0.3) is 5.24 Å². The van der Waals surface area contributed by atoms with Crippen molar-refractivity contribution in [2.45, 2.75) is 33.1 Å². The van der Waals surface area contributed by atoms with Gasteiger partial charge in [0.2, 0.25) is 0 Å². The summed E-state index contributed by atoms with van der Waals surface area (Å²) in [5.41, 5.74) is 0.247. The van der Waals surface area contributed by atoms with E-state index in [1.54, 1.807) is 0 Å². The Kier molecular flexibility index (Phi) is 3.04. The van der Waals surface area contributed by atoms with E-state index in [9.17, 15) is 4.79 Å². The first-order valence-corrected chi connectivity index (χ1v) is 4.94. The lowest BCUT2D eigenvalue weighted by Gasteiger charge is -2.40. The maximum atomic E-state index is 10.6. The van der Waals surface area contributed by atoms with Gasteiger partial charge >= 0.3 is 0 Å². The van der Waals surface area contributed by atoms with Gasteiger partial charge in [0.1, 0.15) is 0 Å². The summed E-state index contributed by atoms with van der Waals surface area (Å²) in [6, 6.07) is 0. The van der Waals surface area contributed by atoms with E-state index in [0.717, 1.165) is 12.5 Å². The highest BCUT2D eigenvalue weighted by Crippen LogP contribution is 2.41. The minimum Gasteiger partial charge on any atom is -0.347 e. The molecule has 0 atom stereocenters. The van der Waals surface area contributed by atoms with Crippen LogP contribution in [0.4, 0.5) is 4.79 Å². The second-order valence-corrected chi connectivity index (χ2v) is 4.68. The van der Waals surface area contributed by atoms with Crippen molar-refractivity contribution < 1.29 is 4.79 Å². The molecular weight excluding hydrogens is 170 g/mol. The third-order valence-electron chi connectivity index (χ3n) is 2.91. The normalized spacial score (nSPS) is 18.6. The SMILES string of the molecule is CC(C)(CNC(=O)S)C1CCC1. The van der Waals surface area contributed by atoms with Crippen molar-refractivity contribution >= 4 is 17.9 Å². The van der Waals surface area contributed by atoms with Crippen LogP contribution in [-0.4, -0.2) is 11.8 Å². The van der Waals surface area contributed by atoms with E-state index in [-0.39, 0.29) is 10.7 Å². The summed E-state index contributed by atoms with van der Waals surface area (Å²) >= 11 is 3.68. The van der Waals surface area contributed by atoms with Gasteiger partial charge in [-0.25, -0.2) is 0 Å². The van der Waals surface area contributed by atoms with Crippen LogP contribution in [0.2, 0.25) is 0 Å². The molecule has 0 saturated heterocycles. The van der Waals surface area contributed by atoms with Gasteiger partial charge in [-0.05, 0) is 24.2 Å². The summed E-state index contributed by atoms with van der Waals surface area (Å²) in [4.78, 5) is 10.6. The molecule has 1 aliphatic carbocycles. The summed E-state index contributed by atoms with van der Waals surface area (Å²) in [5, 5.41) is 2.54. The zero-order valence-corrected chi connectivity index (χ0v) is 8.66. The van der Waals surface area contributed by atoms with E-state index in [0.29, 0.717) is 0 Å². The lowest BCUT2D eigenvalue weighted by atomic mass is 9.67. The van der Waals surface area contributed by atoms with Gasteiger partial charge in [-0.1, -0.05) is 32.9 Å². The summed E-state index contributed by atoms with van der Waals surface area (Å²) in [5.74, 6) is 0.790. The number of carbonyl (C=O) groups excluding carboxylic acids is 1. The number of hydrogen-bond donors (Lipinski definition) is 2. The fourth-order valence-electron chi connectivity index (χ4n) is 1.64. The second kappa shape index (κ2) is 3.69. The number of hydrogen-bond acceptors (Lipinski definition) is 1. The Morgan fingerprint density at radius 3 is 2.50 bits per heavy atom. The zero-order chi connectivity index (χ0) is 9.19. The molecule has 0 aromatic heterocycles. The van der Waals surface area contributed by atoms with Crippen LogP contribution >= 0.6 is 12.6 Å². The van der Waals surface area contributed by atoms with Crippen molar-refractivity contribution in [2.75, 3.05) is 6.54 Å². The average molecular weight is 187 g/mol. The van der Waals surface area contributed by atoms with Crippen molar-refractivity contribution in [2.24, 2.45) is 11.3 Å². The third kappa shape index (κ3) is 2.41. The van der Waals surface area contributed by atoms with Gasteiger partial charge in [-0.2, -0.15) is 0 Å². The highest BCUT2D eigenvalue weighted by molar-refractivity contribution is 7.96. The quantitative estimate of drug-likeness (QED) is 0.653. The van der Waals surface area contributed by atoms with Gasteiger partial charge in [-0.3, -0.25) is 4.79 Å². The highest BCUT2D eigenvalue weighted by atomic mass is 32.1. The number of rotatable bonds is 3. The van der Waals surface area contributed by atoms with Gasteiger partial charge in [0.15, 0.2) is 0 Å². The minimum absolute atomic E-state index is 0.220. The van der Waals surface area contributed by atoms with Gasteiger partial charge in [0.05, 0.1) is 0 Å². The van der Waals surface area contributed by atoms with E-state index < -0.39 is 0 Å². The molecule has 2 nitrogen and oxygen atoms in total. The predicted molar refractivity (Wildman–Crippen MR) is 53.5 cm³/mol. The van der Waals surface area contributed by atoms with E-state index >= 15 is 0 Å². The zero-order valence-electron chi connectivity index (χ0n) is 7.76. The van der Waals surface area contributed by atoms with Crippen molar-refractivity contribution in [3.63, 3.8) is 0 Å². The molecule has 0 aliphatic heterocycles. The summed E-state index contributed by atoms with van der Waals surface area (Å²) < 4.78 is 0. The first kappa shape index (κ1) is 9.90. The molecule has 0 aromatic rings. The lowest BCUT2D eigenvalue weighted by Crippen LogP contribution is -2.39. The third-order valence-corrected chi connectivity index (χ3v) is 3.06. The molecule has 3 heteroatoms. The summed E-state index contributed by atoms with van der Waals surface area (Å²) in [7, 11) is 0. The molecule has 0 aromatic carbocycles. The van der Waals surface area contributed by atoms with Crippen molar-refractivity contribution in [3.8, 4) is 0 Å². The van der Waals surface area contributed by atoms with Crippen LogP contribution < -0.4 is 5.32 Å². The predicted octanol–water partition coefficient (Wildman–Crippen LogP) is 2.45. The van der Waals surface area contributed by atoms with Gasteiger partial charge < -0.3 is 5.32 Å². The summed E-state index contributed by atoms with van der Waals surface area (Å²) in [6.45, 7) is 5.17. The number of amides is 1. The molecule has 0 unspecified atom stereocenters. The number of thiol groups is 1. The molecule has 1 saturated carbocycles. The fraction of sp³-hybridized carbons (Fsp3) is 0.889. The molecule has 1 amide bonds. The first-order chi connectivity index (χ1) is 5.52. The molecule has 1 aliphatic rings. The monoisotopic (exact) mass is 187 g/mol. The first-order valence-electron chi connectivity index (χ1n) is 4.49. The maximum Gasteiger partial charge on any atom is 0.275 e. The topological polar surface area (TPSA) is 29.1 Å². The Morgan fingerprint density at radius 1 is 1.58 bits per heavy atom. The van der Waals surface area contributed by atoms with Gasteiger partial charge in [0, 0.05) is 6.54 Å². The molecule has 0 radical (unpaired) electrons. The van der Waals surface area contributed by atoms with Crippen molar-refractivity contribution in [1.82, 2.24) is 5.32 Å². The molecular formula is C9H17NOS. The molecule has 1 rings (SSSR count). The van der Waals surface area contributed by atoms with Crippen LogP contribution in [0.15, 0.2) is 0 Å². The Bertz CT molecular complexity index is 175. The van der Waals surface area contributed by atoms with Crippen LogP contribution in [0.3, 0.4) is 0 Å². The van der Waals surface area contributed by atoms with Crippen LogP contribution in [-0.2, 0) is 0 Å². The largest absolute Gasteiger partial charge is 0.347 e. The smallest absolute Gasteiger partial charge is 0.275 e. The average Bonchev–Trinajstić information content (AvgIpc) is 1.78. The summed E-state index contributed by atoms with van der Waals surface area (Å²) in [6.07, 6.45) is 3.98. The molecule has 70 valence electrons. The van der Waals surface area contributed by atoms with Crippen molar-refractivity contribution in [3.05, 3.63) is 0 Å². The Labute approximate surface area is 79.5 Å².